The first-order chi connectivity index (χ1) is 10.5. The minimum Gasteiger partial charge on any atom is -0.487 e. The van der Waals surface area contributed by atoms with Gasteiger partial charge in [-0.15, -0.1) is 0 Å². The molecule has 0 heterocycles. The standard InChI is InChI=1S/C16H14ClFO4/c1-10-6-7-15(12(17)8-10)21-9-11-13(18)4-3-5-14(11)22-16(19)20-2/h3-8H,9H2,1-2H3. The maximum Gasteiger partial charge on any atom is 0.513 e. The van der Waals surface area contributed by atoms with Gasteiger partial charge < -0.3 is 14.2 Å². The maximum atomic E-state index is 13.9. The van der Waals surface area contributed by atoms with Crippen LogP contribution in [0.5, 0.6) is 11.5 Å². The minimum absolute atomic E-state index is 0.0371. The largest absolute Gasteiger partial charge is 0.513 e. The third-order valence-electron chi connectivity index (χ3n) is 2.90. The van der Waals surface area contributed by atoms with Crippen molar-refractivity contribution in [2.24, 2.45) is 0 Å². The quantitative estimate of drug-likeness (QED) is 0.613. The molecule has 0 saturated heterocycles. The minimum atomic E-state index is -0.930. The molecular weight excluding hydrogens is 311 g/mol. The molecule has 2 rings (SSSR count). The summed E-state index contributed by atoms with van der Waals surface area (Å²) in [5, 5.41) is 0.423. The van der Waals surface area contributed by atoms with E-state index in [1.54, 1.807) is 12.1 Å². The lowest BCUT2D eigenvalue weighted by Crippen LogP contribution is -2.11. The third kappa shape index (κ3) is 3.89. The van der Waals surface area contributed by atoms with E-state index in [1.807, 2.05) is 13.0 Å². The number of aryl methyl sites for hydroxylation is 1. The van der Waals surface area contributed by atoms with Crippen molar-refractivity contribution in [3.63, 3.8) is 0 Å². The van der Waals surface area contributed by atoms with E-state index in [2.05, 4.69) is 4.74 Å². The molecule has 0 atom stereocenters. The number of benzene rings is 2. The highest BCUT2D eigenvalue weighted by molar-refractivity contribution is 6.32. The molecule has 22 heavy (non-hydrogen) atoms. The molecule has 0 unspecified atom stereocenters. The predicted octanol–water partition coefficient (Wildman–Crippen LogP) is 4.51. The Morgan fingerprint density at radius 3 is 2.68 bits per heavy atom. The number of hydrogen-bond donors (Lipinski definition) is 0. The molecule has 0 spiro atoms. The Balaban J connectivity index is 2.19. The fourth-order valence-corrected chi connectivity index (χ4v) is 2.07. The van der Waals surface area contributed by atoms with Crippen LogP contribution in [0.15, 0.2) is 36.4 Å². The van der Waals surface area contributed by atoms with Gasteiger partial charge in [-0.05, 0) is 36.8 Å². The van der Waals surface area contributed by atoms with E-state index in [4.69, 9.17) is 21.1 Å². The average Bonchev–Trinajstić information content (AvgIpc) is 2.48. The highest BCUT2D eigenvalue weighted by Gasteiger charge is 2.15. The van der Waals surface area contributed by atoms with Crippen molar-refractivity contribution in [3.8, 4) is 11.5 Å². The molecule has 0 aliphatic heterocycles. The van der Waals surface area contributed by atoms with E-state index in [0.717, 1.165) is 5.56 Å². The summed E-state index contributed by atoms with van der Waals surface area (Å²) in [4.78, 5) is 11.2. The number of rotatable bonds is 4. The summed E-state index contributed by atoms with van der Waals surface area (Å²) in [7, 11) is 1.17. The number of carbonyl (C=O) groups excluding carboxylic acids is 1. The molecule has 0 N–H and O–H groups in total. The van der Waals surface area contributed by atoms with Gasteiger partial charge in [0.2, 0.25) is 0 Å². The van der Waals surface area contributed by atoms with Gasteiger partial charge in [0.25, 0.3) is 0 Å². The van der Waals surface area contributed by atoms with Crippen LogP contribution in [-0.2, 0) is 11.3 Å². The van der Waals surface area contributed by atoms with E-state index in [9.17, 15) is 9.18 Å². The van der Waals surface area contributed by atoms with Crippen molar-refractivity contribution in [3.05, 3.63) is 58.4 Å². The summed E-state index contributed by atoms with van der Waals surface area (Å²) < 4.78 is 28.7. The monoisotopic (exact) mass is 324 g/mol. The first kappa shape index (κ1) is 16.1. The summed E-state index contributed by atoms with van der Waals surface area (Å²) in [6.45, 7) is 1.76. The lowest BCUT2D eigenvalue weighted by atomic mass is 10.2. The zero-order valence-corrected chi connectivity index (χ0v) is 12.8. The molecule has 116 valence electrons. The van der Waals surface area contributed by atoms with E-state index in [-0.39, 0.29) is 17.9 Å². The van der Waals surface area contributed by atoms with Crippen LogP contribution in [0, 0.1) is 12.7 Å². The Hall–Kier alpha value is -2.27. The lowest BCUT2D eigenvalue weighted by Gasteiger charge is -2.12. The smallest absolute Gasteiger partial charge is 0.487 e. The molecule has 4 nitrogen and oxygen atoms in total. The van der Waals surface area contributed by atoms with Gasteiger partial charge in [0.1, 0.15) is 23.9 Å². The van der Waals surface area contributed by atoms with Crippen LogP contribution in [0.1, 0.15) is 11.1 Å². The number of methoxy groups -OCH3 is 1. The number of carbonyl (C=O) groups is 1. The van der Waals surface area contributed by atoms with Crippen molar-refractivity contribution < 1.29 is 23.4 Å². The first-order valence-corrected chi connectivity index (χ1v) is 6.81. The van der Waals surface area contributed by atoms with Crippen molar-refractivity contribution >= 4 is 17.8 Å². The highest BCUT2D eigenvalue weighted by Crippen LogP contribution is 2.28. The topological polar surface area (TPSA) is 44.8 Å². The van der Waals surface area contributed by atoms with Gasteiger partial charge in [-0.1, -0.05) is 23.7 Å². The number of halogens is 2. The summed E-state index contributed by atoms with van der Waals surface area (Å²) in [6.07, 6.45) is -0.930. The summed E-state index contributed by atoms with van der Waals surface area (Å²) in [5.41, 5.74) is 1.09. The molecule has 0 radical (unpaired) electrons. The summed E-state index contributed by atoms with van der Waals surface area (Å²) >= 11 is 6.06. The molecule has 0 bridgehead atoms. The van der Waals surface area contributed by atoms with E-state index >= 15 is 0 Å². The number of ether oxygens (including phenoxy) is 3. The first-order valence-electron chi connectivity index (χ1n) is 6.43. The number of hydrogen-bond acceptors (Lipinski definition) is 4. The van der Waals surface area contributed by atoms with Gasteiger partial charge in [-0.2, -0.15) is 0 Å². The average molecular weight is 325 g/mol. The zero-order valence-electron chi connectivity index (χ0n) is 12.1. The fourth-order valence-electron chi connectivity index (χ4n) is 1.78. The van der Waals surface area contributed by atoms with Gasteiger partial charge in [-0.25, -0.2) is 9.18 Å². The molecule has 2 aromatic rings. The Morgan fingerprint density at radius 1 is 1.23 bits per heavy atom. The zero-order chi connectivity index (χ0) is 16.1. The predicted molar refractivity (Wildman–Crippen MR) is 80.0 cm³/mol. The molecule has 6 heteroatoms. The molecule has 0 amide bonds. The lowest BCUT2D eigenvalue weighted by molar-refractivity contribution is 0.120. The van der Waals surface area contributed by atoms with E-state index in [0.29, 0.717) is 10.8 Å². The van der Waals surface area contributed by atoms with Crippen LogP contribution in [-0.4, -0.2) is 13.3 Å². The summed E-state index contributed by atoms with van der Waals surface area (Å²) in [5.74, 6) is -0.0979. The molecule has 0 saturated carbocycles. The van der Waals surface area contributed by atoms with Crippen LogP contribution in [0.2, 0.25) is 5.02 Å². The van der Waals surface area contributed by atoms with Gasteiger partial charge >= 0.3 is 6.16 Å². The van der Waals surface area contributed by atoms with Crippen molar-refractivity contribution in [1.29, 1.82) is 0 Å². The second-order valence-corrected chi connectivity index (χ2v) is 4.90. The SMILES string of the molecule is COC(=O)Oc1cccc(F)c1COc1ccc(C)cc1Cl. The van der Waals surface area contributed by atoms with Gasteiger partial charge in [0.05, 0.1) is 17.7 Å². The van der Waals surface area contributed by atoms with Crippen molar-refractivity contribution in [2.45, 2.75) is 13.5 Å². The molecule has 0 aliphatic carbocycles. The Bertz CT molecular complexity index is 688. The van der Waals surface area contributed by atoms with Gasteiger partial charge in [-0.3, -0.25) is 0 Å². The van der Waals surface area contributed by atoms with Crippen LogP contribution < -0.4 is 9.47 Å². The van der Waals surface area contributed by atoms with Gasteiger partial charge in [0.15, 0.2) is 0 Å². The Morgan fingerprint density at radius 2 is 2.00 bits per heavy atom. The van der Waals surface area contributed by atoms with Crippen molar-refractivity contribution in [2.75, 3.05) is 7.11 Å². The van der Waals surface area contributed by atoms with Crippen molar-refractivity contribution in [1.82, 2.24) is 0 Å². The molecule has 0 aromatic heterocycles. The fraction of sp³-hybridized carbons (Fsp3) is 0.188. The molecule has 2 aromatic carbocycles. The summed E-state index contributed by atoms with van der Waals surface area (Å²) in [6, 6.07) is 9.39. The van der Waals surface area contributed by atoms with Crippen LogP contribution in [0.4, 0.5) is 9.18 Å². The Labute approximate surface area is 132 Å². The molecule has 0 fully saturated rings. The van der Waals surface area contributed by atoms with Gasteiger partial charge in [0, 0.05) is 0 Å². The second-order valence-electron chi connectivity index (χ2n) is 4.50. The Kier molecular flexibility index (Phi) is 5.22. The molecule has 0 aliphatic rings. The second kappa shape index (κ2) is 7.13. The van der Waals surface area contributed by atoms with E-state index < -0.39 is 12.0 Å². The third-order valence-corrected chi connectivity index (χ3v) is 3.19. The van der Waals surface area contributed by atoms with Crippen LogP contribution in [0.3, 0.4) is 0 Å². The highest BCUT2D eigenvalue weighted by atomic mass is 35.5. The van der Waals surface area contributed by atoms with E-state index in [1.165, 1.54) is 25.3 Å². The normalized spacial score (nSPS) is 10.2. The maximum absolute atomic E-state index is 13.9. The van der Waals surface area contributed by atoms with Crippen LogP contribution in [0.25, 0.3) is 0 Å². The molecular formula is C16H14ClFO4. The van der Waals surface area contributed by atoms with Crippen LogP contribution >= 0.6 is 11.6 Å².